The number of primary amides is 1. The van der Waals surface area contributed by atoms with Gasteiger partial charge in [-0.1, -0.05) is 17.7 Å². The number of hydrogen-bond acceptors (Lipinski definition) is 5. The van der Waals surface area contributed by atoms with Crippen molar-refractivity contribution in [2.75, 3.05) is 26.2 Å². The highest BCUT2D eigenvalue weighted by Crippen LogP contribution is 2.32. The van der Waals surface area contributed by atoms with E-state index in [1.165, 1.54) is 5.56 Å². The monoisotopic (exact) mass is 463 g/mol. The van der Waals surface area contributed by atoms with Gasteiger partial charge in [0.25, 0.3) is 0 Å². The summed E-state index contributed by atoms with van der Waals surface area (Å²) in [6.07, 6.45) is 0.794. The normalized spacial score (nSPS) is 16.0. The molecule has 0 bridgehead atoms. The highest BCUT2D eigenvalue weighted by molar-refractivity contribution is 6.09. The molecule has 1 aromatic heterocycles. The Kier molecular flexibility index (Phi) is 7.05. The molecular formula is C27H33N3O4. The van der Waals surface area contributed by atoms with Gasteiger partial charge in [0, 0.05) is 34.8 Å². The van der Waals surface area contributed by atoms with Gasteiger partial charge in [-0.05, 0) is 77.0 Å². The number of carbonyl (C=O) groups excluding carboxylic acids is 2. The lowest BCUT2D eigenvalue weighted by molar-refractivity contribution is -0.123. The molecule has 0 aliphatic carbocycles. The molecule has 1 aliphatic rings. The van der Waals surface area contributed by atoms with E-state index in [-0.39, 0.29) is 24.2 Å². The van der Waals surface area contributed by atoms with E-state index < -0.39 is 6.10 Å². The molecule has 34 heavy (non-hydrogen) atoms. The molecule has 0 saturated carbocycles. The van der Waals surface area contributed by atoms with Crippen LogP contribution in [0.5, 0.6) is 5.75 Å². The van der Waals surface area contributed by atoms with Crippen LogP contribution in [0.2, 0.25) is 0 Å². The maximum absolute atomic E-state index is 12.5. The zero-order valence-corrected chi connectivity index (χ0v) is 20.1. The van der Waals surface area contributed by atoms with Crippen LogP contribution >= 0.6 is 0 Å². The van der Waals surface area contributed by atoms with E-state index in [1.807, 2.05) is 32.0 Å². The van der Waals surface area contributed by atoms with Crippen LogP contribution in [0.4, 0.5) is 0 Å². The van der Waals surface area contributed by atoms with Crippen molar-refractivity contribution in [2.24, 2.45) is 11.7 Å². The Morgan fingerprint density at radius 2 is 1.79 bits per heavy atom. The molecule has 3 aromatic rings. The number of hydrogen-bond donors (Lipinski definition) is 2. The predicted octanol–water partition coefficient (Wildman–Crippen LogP) is 3.39. The third kappa shape index (κ3) is 5.00. The number of benzene rings is 2. The third-order valence-electron chi connectivity index (χ3n) is 6.72. The van der Waals surface area contributed by atoms with Crippen molar-refractivity contribution in [3.8, 4) is 11.4 Å². The highest BCUT2D eigenvalue weighted by atomic mass is 16.5. The molecule has 1 fully saturated rings. The predicted molar refractivity (Wildman–Crippen MR) is 133 cm³/mol. The molecule has 0 radical (unpaired) electrons. The zero-order valence-electron chi connectivity index (χ0n) is 20.1. The van der Waals surface area contributed by atoms with E-state index in [4.69, 9.17) is 10.5 Å². The average molecular weight is 464 g/mol. The first-order chi connectivity index (χ1) is 16.2. The maximum Gasteiger partial charge on any atom is 0.220 e. The number of Topliss-reactive ketones (excluding diaryl/α,β-unsaturated/α-hetero) is 1. The van der Waals surface area contributed by atoms with Crippen molar-refractivity contribution in [3.05, 3.63) is 59.3 Å². The Morgan fingerprint density at radius 1 is 1.12 bits per heavy atom. The number of aromatic nitrogens is 1. The summed E-state index contributed by atoms with van der Waals surface area (Å²) < 4.78 is 8.01. The summed E-state index contributed by atoms with van der Waals surface area (Å²) in [4.78, 5) is 26.0. The van der Waals surface area contributed by atoms with Crippen LogP contribution in [0.15, 0.2) is 42.5 Å². The first-order valence-corrected chi connectivity index (χ1v) is 11.8. The number of rotatable bonds is 8. The zero-order chi connectivity index (χ0) is 24.4. The van der Waals surface area contributed by atoms with Gasteiger partial charge in [-0.2, -0.15) is 0 Å². The molecule has 2 aromatic carbocycles. The molecule has 1 saturated heterocycles. The fourth-order valence-electron chi connectivity index (χ4n) is 4.90. The van der Waals surface area contributed by atoms with Gasteiger partial charge < -0.3 is 25.0 Å². The Bertz CT molecular complexity index is 1190. The van der Waals surface area contributed by atoms with Crippen molar-refractivity contribution in [3.63, 3.8) is 0 Å². The van der Waals surface area contributed by atoms with Crippen molar-refractivity contribution >= 4 is 22.6 Å². The Labute approximate surface area is 200 Å². The van der Waals surface area contributed by atoms with E-state index in [0.717, 1.165) is 48.2 Å². The largest absolute Gasteiger partial charge is 0.491 e. The van der Waals surface area contributed by atoms with Gasteiger partial charge in [0.15, 0.2) is 5.78 Å². The first kappa shape index (κ1) is 24.0. The van der Waals surface area contributed by atoms with Crippen LogP contribution in [0.3, 0.4) is 0 Å². The highest BCUT2D eigenvalue weighted by Gasteiger charge is 2.24. The van der Waals surface area contributed by atoms with Crippen molar-refractivity contribution < 1.29 is 19.4 Å². The van der Waals surface area contributed by atoms with Gasteiger partial charge in [-0.15, -0.1) is 0 Å². The van der Waals surface area contributed by atoms with E-state index >= 15 is 0 Å². The van der Waals surface area contributed by atoms with Crippen molar-refractivity contribution in [2.45, 2.75) is 39.7 Å². The van der Waals surface area contributed by atoms with Crippen LogP contribution in [-0.4, -0.2) is 58.6 Å². The molecule has 0 spiro atoms. The Hall–Kier alpha value is -3.16. The van der Waals surface area contributed by atoms with Crippen LogP contribution in [0, 0.1) is 19.8 Å². The summed E-state index contributed by atoms with van der Waals surface area (Å²) >= 11 is 0. The summed E-state index contributed by atoms with van der Waals surface area (Å²) in [5.74, 6) is 0.310. The van der Waals surface area contributed by atoms with Crippen LogP contribution in [0.25, 0.3) is 16.6 Å². The molecule has 4 rings (SSSR count). The number of β-amino-alcohol motifs (C(OH)–C–C–N with tert-alkyl or cyclic N) is 1. The summed E-state index contributed by atoms with van der Waals surface area (Å²) in [7, 11) is 0. The van der Waals surface area contributed by atoms with Gasteiger partial charge in [0.05, 0.1) is 5.52 Å². The van der Waals surface area contributed by atoms with E-state index in [2.05, 4.69) is 33.7 Å². The lowest BCUT2D eigenvalue weighted by atomic mass is 9.96. The standard InChI is InChI=1S/C27H33N3O4/c1-17-4-6-21(7-5-17)30-18(2)26(19(3)31)24-14-23(8-9-25(24)30)34-16-22(32)15-29-12-10-20(11-13-29)27(28)33/h4-9,14,20,22,32H,10-13,15-16H2,1-3H3,(H2,28,33)/t22-/m0/s1. The molecule has 7 nitrogen and oxygen atoms in total. The minimum absolute atomic E-state index is 0.00455. The van der Waals surface area contributed by atoms with Gasteiger partial charge >= 0.3 is 0 Å². The number of nitrogens with two attached hydrogens (primary N) is 1. The fourth-order valence-corrected chi connectivity index (χ4v) is 4.90. The van der Waals surface area contributed by atoms with Gasteiger partial charge in [-0.3, -0.25) is 9.59 Å². The lowest BCUT2D eigenvalue weighted by Gasteiger charge is -2.31. The number of carbonyl (C=O) groups is 2. The number of aliphatic hydroxyl groups excluding tert-OH is 1. The van der Waals surface area contributed by atoms with E-state index in [9.17, 15) is 14.7 Å². The second-order valence-electron chi connectivity index (χ2n) is 9.31. The molecule has 1 amide bonds. The number of aliphatic hydroxyl groups is 1. The topological polar surface area (TPSA) is 97.8 Å². The summed E-state index contributed by atoms with van der Waals surface area (Å²) in [6, 6.07) is 13.9. The molecule has 0 unspecified atom stereocenters. The number of piperidine rings is 1. The van der Waals surface area contributed by atoms with Crippen molar-refractivity contribution in [1.82, 2.24) is 9.47 Å². The third-order valence-corrected chi connectivity index (χ3v) is 6.72. The number of fused-ring (bicyclic) bond motifs is 1. The fraction of sp³-hybridized carbons (Fsp3) is 0.407. The summed E-state index contributed by atoms with van der Waals surface area (Å²) in [5.41, 5.74) is 10.1. The van der Waals surface area contributed by atoms with E-state index in [1.54, 1.807) is 6.92 Å². The van der Waals surface area contributed by atoms with E-state index in [0.29, 0.717) is 17.9 Å². The smallest absolute Gasteiger partial charge is 0.220 e. The molecule has 2 heterocycles. The maximum atomic E-state index is 12.5. The molecule has 3 N–H and O–H groups in total. The number of amides is 1. The van der Waals surface area contributed by atoms with Crippen LogP contribution < -0.4 is 10.5 Å². The Balaban J connectivity index is 1.49. The summed E-state index contributed by atoms with van der Waals surface area (Å²) in [5, 5.41) is 11.3. The number of aryl methyl sites for hydroxylation is 1. The molecule has 1 atom stereocenters. The molecule has 1 aliphatic heterocycles. The number of nitrogens with zero attached hydrogens (tertiary/aromatic N) is 2. The van der Waals surface area contributed by atoms with Crippen LogP contribution in [0.1, 0.15) is 41.4 Å². The summed E-state index contributed by atoms with van der Waals surface area (Å²) in [6.45, 7) is 7.70. The van der Waals surface area contributed by atoms with Gasteiger partial charge in [-0.25, -0.2) is 0 Å². The van der Waals surface area contributed by atoms with Crippen LogP contribution in [-0.2, 0) is 4.79 Å². The van der Waals surface area contributed by atoms with Gasteiger partial charge in [0.1, 0.15) is 18.5 Å². The number of ether oxygens (including phenoxy) is 1. The lowest BCUT2D eigenvalue weighted by Crippen LogP contribution is -2.43. The second kappa shape index (κ2) is 9.99. The minimum Gasteiger partial charge on any atom is -0.491 e. The SMILES string of the molecule is CC(=O)c1c(C)n(-c2ccc(C)cc2)c2ccc(OC[C@@H](O)CN3CCC(C(N)=O)CC3)cc12. The quantitative estimate of drug-likeness (QED) is 0.499. The minimum atomic E-state index is -0.660. The Morgan fingerprint density at radius 3 is 2.41 bits per heavy atom. The number of ketones is 1. The molecular weight excluding hydrogens is 430 g/mol. The number of likely N-dealkylation sites (tertiary alicyclic amines) is 1. The first-order valence-electron chi connectivity index (χ1n) is 11.8. The van der Waals surface area contributed by atoms with Crippen molar-refractivity contribution in [1.29, 1.82) is 0 Å². The van der Waals surface area contributed by atoms with Gasteiger partial charge in [0.2, 0.25) is 5.91 Å². The molecule has 7 heteroatoms. The molecule has 180 valence electrons. The second-order valence-corrected chi connectivity index (χ2v) is 9.31. The average Bonchev–Trinajstić information content (AvgIpc) is 3.10.